The quantitative estimate of drug-likeness (QED) is 0.927. The van der Waals surface area contributed by atoms with E-state index in [2.05, 4.69) is 0 Å². The Hall–Kier alpha value is -2.21. The summed E-state index contributed by atoms with van der Waals surface area (Å²) in [5.74, 6) is -1.19. The molecule has 1 aliphatic rings. The maximum absolute atomic E-state index is 13.9. The number of aromatic nitrogens is 1. The van der Waals surface area contributed by atoms with E-state index in [4.69, 9.17) is 0 Å². The van der Waals surface area contributed by atoms with Crippen LogP contribution in [0.4, 0.5) is 8.78 Å². The Morgan fingerprint density at radius 3 is 2.77 bits per heavy atom. The van der Waals surface area contributed by atoms with Crippen molar-refractivity contribution in [2.45, 2.75) is 26.1 Å². The molecule has 0 saturated carbocycles. The van der Waals surface area contributed by atoms with Crippen LogP contribution in [0.5, 0.6) is 5.75 Å². The van der Waals surface area contributed by atoms with Crippen LogP contribution in [0.25, 0.3) is 0 Å². The summed E-state index contributed by atoms with van der Waals surface area (Å²) in [5.41, 5.74) is 0.616. The van der Waals surface area contributed by atoms with Crippen LogP contribution >= 0.6 is 0 Å². The van der Waals surface area contributed by atoms with Gasteiger partial charge in [-0.2, -0.15) is 0 Å². The molecule has 22 heavy (non-hydrogen) atoms. The van der Waals surface area contributed by atoms with E-state index < -0.39 is 17.1 Å². The number of rotatable bonds is 2. The lowest BCUT2D eigenvalue weighted by atomic mass is 10.0. The molecular formula is C16H16F2N2O2. The van der Waals surface area contributed by atoms with Crippen molar-refractivity contribution in [2.24, 2.45) is 0 Å². The van der Waals surface area contributed by atoms with Gasteiger partial charge in [0.05, 0.1) is 6.20 Å². The first-order chi connectivity index (χ1) is 10.5. The van der Waals surface area contributed by atoms with E-state index in [9.17, 15) is 18.7 Å². The lowest BCUT2D eigenvalue weighted by Crippen LogP contribution is -2.37. The van der Waals surface area contributed by atoms with Gasteiger partial charge in [-0.3, -0.25) is 9.69 Å². The van der Waals surface area contributed by atoms with Crippen molar-refractivity contribution in [3.8, 4) is 5.75 Å². The number of hydrogen-bond donors (Lipinski definition) is 1. The molecule has 0 saturated heterocycles. The van der Waals surface area contributed by atoms with Crippen LogP contribution in [0.1, 0.15) is 24.2 Å². The van der Waals surface area contributed by atoms with E-state index in [0.717, 1.165) is 17.8 Å². The number of benzene rings is 1. The summed E-state index contributed by atoms with van der Waals surface area (Å²) in [6, 6.07) is 4.50. The Balaban J connectivity index is 1.89. The fourth-order valence-corrected chi connectivity index (χ4v) is 2.83. The highest BCUT2D eigenvalue weighted by atomic mass is 19.1. The normalized spacial score (nSPS) is 16.3. The third kappa shape index (κ3) is 2.62. The van der Waals surface area contributed by atoms with Crippen LogP contribution in [0.3, 0.4) is 0 Å². The highest BCUT2D eigenvalue weighted by Crippen LogP contribution is 2.27. The molecule has 6 heteroatoms. The monoisotopic (exact) mass is 306 g/mol. The molecule has 1 aromatic heterocycles. The Bertz CT molecular complexity index is 773. The largest absolute Gasteiger partial charge is 0.503 e. The van der Waals surface area contributed by atoms with Gasteiger partial charge in [0.25, 0.3) is 0 Å². The summed E-state index contributed by atoms with van der Waals surface area (Å²) in [6.45, 7) is 3.44. The van der Waals surface area contributed by atoms with Crippen molar-refractivity contribution in [1.82, 2.24) is 9.47 Å². The number of fused-ring (bicyclic) bond motifs is 1. The van der Waals surface area contributed by atoms with Crippen LogP contribution in [0, 0.1) is 11.6 Å². The topological polar surface area (TPSA) is 45.5 Å². The van der Waals surface area contributed by atoms with Crippen LogP contribution < -0.4 is 5.43 Å². The predicted octanol–water partition coefficient (Wildman–Crippen LogP) is 2.41. The zero-order valence-corrected chi connectivity index (χ0v) is 12.1. The standard InChI is InChI=1S/C16H16F2N2O2/c1-10(13-6-11(17)2-3-14(13)18)19-4-5-20-9-16(22)15(21)7-12(20)8-19/h2-3,6-7,9-10,22H,4-5,8H2,1H3. The van der Waals surface area contributed by atoms with E-state index in [1.165, 1.54) is 18.3 Å². The zero-order valence-electron chi connectivity index (χ0n) is 12.1. The molecule has 4 nitrogen and oxygen atoms in total. The third-order valence-electron chi connectivity index (χ3n) is 4.15. The highest BCUT2D eigenvalue weighted by molar-refractivity contribution is 5.24. The molecular weight excluding hydrogens is 290 g/mol. The van der Waals surface area contributed by atoms with Crippen LogP contribution in [0.2, 0.25) is 0 Å². The summed E-state index contributed by atoms with van der Waals surface area (Å²) in [6.07, 6.45) is 1.42. The Kier molecular flexibility index (Phi) is 3.70. The lowest BCUT2D eigenvalue weighted by Gasteiger charge is -2.35. The number of pyridine rings is 1. The van der Waals surface area contributed by atoms with E-state index in [0.29, 0.717) is 25.2 Å². The molecule has 0 aliphatic carbocycles. The molecule has 2 aromatic rings. The van der Waals surface area contributed by atoms with Gasteiger partial charge in [-0.25, -0.2) is 8.78 Å². The molecule has 1 unspecified atom stereocenters. The van der Waals surface area contributed by atoms with Gasteiger partial charge in [0.15, 0.2) is 5.75 Å². The first kappa shape index (κ1) is 14.7. The summed E-state index contributed by atoms with van der Waals surface area (Å²) in [4.78, 5) is 13.5. The Labute approximate surface area is 126 Å². The van der Waals surface area contributed by atoms with Crippen molar-refractivity contribution in [3.05, 3.63) is 63.6 Å². The fourth-order valence-electron chi connectivity index (χ4n) is 2.83. The molecule has 1 aliphatic heterocycles. The number of hydrogen-bond acceptors (Lipinski definition) is 3. The average molecular weight is 306 g/mol. The first-order valence-corrected chi connectivity index (χ1v) is 7.07. The van der Waals surface area contributed by atoms with Crippen LogP contribution in [-0.4, -0.2) is 21.1 Å². The molecule has 0 amide bonds. The second-order valence-corrected chi connectivity index (χ2v) is 5.52. The van der Waals surface area contributed by atoms with Gasteiger partial charge in [-0.05, 0) is 25.1 Å². The first-order valence-electron chi connectivity index (χ1n) is 7.07. The number of aromatic hydroxyl groups is 1. The summed E-state index contributed by atoms with van der Waals surface area (Å²) < 4.78 is 29.1. The SMILES string of the molecule is CC(c1cc(F)ccc1F)N1CCn2cc(O)c(=O)cc2C1. The molecule has 0 bridgehead atoms. The summed E-state index contributed by atoms with van der Waals surface area (Å²) in [7, 11) is 0. The van der Waals surface area contributed by atoms with E-state index in [1.54, 1.807) is 0 Å². The van der Waals surface area contributed by atoms with Gasteiger partial charge in [0.2, 0.25) is 5.43 Å². The van der Waals surface area contributed by atoms with Gasteiger partial charge in [0.1, 0.15) is 11.6 Å². The van der Waals surface area contributed by atoms with Crippen LogP contribution in [0.15, 0.2) is 35.3 Å². The maximum atomic E-state index is 13.9. The van der Waals surface area contributed by atoms with Crippen molar-refractivity contribution >= 4 is 0 Å². The third-order valence-corrected chi connectivity index (χ3v) is 4.15. The molecule has 1 aromatic carbocycles. The van der Waals surface area contributed by atoms with Crippen molar-refractivity contribution in [3.63, 3.8) is 0 Å². The van der Waals surface area contributed by atoms with E-state index >= 15 is 0 Å². The molecule has 0 radical (unpaired) electrons. The number of halogens is 2. The minimum absolute atomic E-state index is 0.276. The van der Waals surface area contributed by atoms with E-state index in [1.807, 2.05) is 16.4 Å². The van der Waals surface area contributed by atoms with Gasteiger partial charge in [0, 0.05) is 43.0 Å². The lowest BCUT2D eigenvalue weighted by molar-refractivity contribution is 0.161. The minimum Gasteiger partial charge on any atom is -0.503 e. The smallest absolute Gasteiger partial charge is 0.223 e. The van der Waals surface area contributed by atoms with Gasteiger partial charge >= 0.3 is 0 Å². The average Bonchev–Trinajstić information content (AvgIpc) is 2.50. The summed E-state index contributed by atoms with van der Waals surface area (Å²) in [5, 5.41) is 9.46. The minimum atomic E-state index is -0.471. The molecule has 1 atom stereocenters. The van der Waals surface area contributed by atoms with Gasteiger partial charge in [-0.15, -0.1) is 0 Å². The Morgan fingerprint density at radius 2 is 2.00 bits per heavy atom. The second kappa shape index (κ2) is 5.53. The van der Waals surface area contributed by atoms with Crippen molar-refractivity contribution in [1.29, 1.82) is 0 Å². The second-order valence-electron chi connectivity index (χ2n) is 5.52. The molecule has 116 valence electrons. The Morgan fingerprint density at radius 1 is 1.23 bits per heavy atom. The fraction of sp³-hybridized carbons (Fsp3) is 0.312. The maximum Gasteiger partial charge on any atom is 0.223 e. The zero-order chi connectivity index (χ0) is 15.9. The van der Waals surface area contributed by atoms with Gasteiger partial charge < -0.3 is 9.67 Å². The number of nitrogens with zero attached hydrogens (tertiary/aromatic N) is 2. The van der Waals surface area contributed by atoms with Crippen molar-refractivity contribution < 1.29 is 13.9 Å². The van der Waals surface area contributed by atoms with Gasteiger partial charge in [-0.1, -0.05) is 0 Å². The van der Waals surface area contributed by atoms with Crippen LogP contribution in [-0.2, 0) is 13.1 Å². The highest BCUT2D eigenvalue weighted by Gasteiger charge is 2.24. The molecule has 2 heterocycles. The molecule has 1 N–H and O–H groups in total. The molecule has 0 spiro atoms. The van der Waals surface area contributed by atoms with Crippen molar-refractivity contribution in [2.75, 3.05) is 6.54 Å². The predicted molar refractivity (Wildman–Crippen MR) is 77.5 cm³/mol. The van der Waals surface area contributed by atoms with E-state index in [-0.39, 0.29) is 11.8 Å². The summed E-state index contributed by atoms with van der Waals surface area (Å²) >= 11 is 0. The molecule has 0 fully saturated rings. The molecule has 3 rings (SSSR count).